The summed E-state index contributed by atoms with van der Waals surface area (Å²) in [5, 5.41) is 6.53. The topological polar surface area (TPSA) is 44.4 Å². The summed E-state index contributed by atoms with van der Waals surface area (Å²) in [7, 11) is 0. The first-order chi connectivity index (χ1) is 8.47. The van der Waals surface area contributed by atoms with Crippen molar-refractivity contribution in [3.8, 4) is 0 Å². The lowest BCUT2D eigenvalue weighted by molar-refractivity contribution is -0.127. The van der Waals surface area contributed by atoms with E-state index in [0.29, 0.717) is 6.04 Å². The summed E-state index contributed by atoms with van der Waals surface area (Å²) in [6, 6.07) is 0.705. The molecule has 0 bridgehead atoms. The number of hydrogen-bond acceptors (Lipinski definition) is 3. The monoisotopic (exact) mass is 253 g/mol. The smallest absolute Gasteiger partial charge is 0.237 e. The van der Waals surface area contributed by atoms with Gasteiger partial charge in [-0.3, -0.25) is 9.69 Å². The van der Waals surface area contributed by atoms with E-state index in [1.54, 1.807) is 0 Å². The van der Waals surface area contributed by atoms with Gasteiger partial charge in [-0.25, -0.2) is 0 Å². The second-order valence-electron chi connectivity index (χ2n) is 6.62. The van der Waals surface area contributed by atoms with E-state index in [-0.39, 0.29) is 17.5 Å². The Balaban J connectivity index is 1.96. The van der Waals surface area contributed by atoms with E-state index in [9.17, 15) is 4.79 Å². The number of likely N-dealkylation sites (tertiary alicyclic amines) is 1. The minimum Gasteiger partial charge on any atom is -0.350 e. The first-order valence-electron chi connectivity index (χ1n) is 7.26. The van der Waals surface area contributed by atoms with E-state index >= 15 is 0 Å². The van der Waals surface area contributed by atoms with Gasteiger partial charge in [0.05, 0.1) is 6.04 Å². The standard InChI is InChI=1S/C14H27N3O/c1-14(2,3)16-13(18)12-5-4-10-17(12)11-6-8-15-9-7-11/h11-12,15H,4-10H2,1-3H3,(H,16,18). The lowest BCUT2D eigenvalue weighted by atomic mass is 10.0. The Kier molecular flexibility index (Phi) is 4.28. The fourth-order valence-corrected chi connectivity index (χ4v) is 3.10. The number of nitrogens with one attached hydrogen (secondary N) is 2. The first kappa shape index (κ1) is 13.8. The molecule has 18 heavy (non-hydrogen) atoms. The second kappa shape index (κ2) is 5.57. The van der Waals surface area contributed by atoms with Crippen LogP contribution < -0.4 is 10.6 Å². The van der Waals surface area contributed by atoms with Crippen molar-refractivity contribution in [3.05, 3.63) is 0 Å². The molecule has 0 saturated carbocycles. The highest BCUT2D eigenvalue weighted by Gasteiger charge is 2.36. The highest BCUT2D eigenvalue weighted by atomic mass is 16.2. The number of piperidine rings is 1. The molecule has 0 aromatic carbocycles. The van der Waals surface area contributed by atoms with E-state index in [2.05, 4.69) is 36.3 Å². The Labute approximate surface area is 110 Å². The van der Waals surface area contributed by atoms with Crippen LogP contribution in [0.25, 0.3) is 0 Å². The summed E-state index contributed by atoms with van der Waals surface area (Å²) in [4.78, 5) is 14.8. The molecule has 2 aliphatic rings. The maximum atomic E-state index is 12.3. The van der Waals surface area contributed by atoms with Gasteiger partial charge in [0.2, 0.25) is 5.91 Å². The molecule has 0 aromatic heterocycles. The van der Waals surface area contributed by atoms with Crippen LogP contribution in [-0.2, 0) is 4.79 Å². The number of rotatable bonds is 2. The van der Waals surface area contributed by atoms with Crippen LogP contribution in [0.2, 0.25) is 0 Å². The average Bonchev–Trinajstić information content (AvgIpc) is 2.76. The normalized spacial score (nSPS) is 27.4. The summed E-state index contributed by atoms with van der Waals surface area (Å²) in [6.07, 6.45) is 4.54. The van der Waals surface area contributed by atoms with Crippen LogP contribution in [0.1, 0.15) is 46.5 Å². The zero-order chi connectivity index (χ0) is 13.2. The van der Waals surface area contributed by atoms with Gasteiger partial charge in [0, 0.05) is 11.6 Å². The molecule has 4 heteroatoms. The van der Waals surface area contributed by atoms with Gasteiger partial charge in [0.15, 0.2) is 0 Å². The number of amides is 1. The molecule has 0 spiro atoms. The predicted octanol–water partition coefficient (Wildman–Crippen LogP) is 1.12. The van der Waals surface area contributed by atoms with E-state index < -0.39 is 0 Å². The van der Waals surface area contributed by atoms with Gasteiger partial charge in [0.1, 0.15) is 0 Å². The van der Waals surface area contributed by atoms with Crippen molar-refractivity contribution < 1.29 is 4.79 Å². The van der Waals surface area contributed by atoms with Gasteiger partial charge in [0.25, 0.3) is 0 Å². The molecular weight excluding hydrogens is 226 g/mol. The molecule has 0 radical (unpaired) electrons. The lowest BCUT2D eigenvalue weighted by Crippen LogP contribution is -2.53. The quantitative estimate of drug-likeness (QED) is 0.775. The summed E-state index contributed by atoms with van der Waals surface area (Å²) in [5.41, 5.74) is -0.126. The van der Waals surface area contributed by atoms with Gasteiger partial charge in [-0.2, -0.15) is 0 Å². The average molecular weight is 253 g/mol. The predicted molar refractivity (Wildman–Crippen MR) is 73.5 cm³/mol. The van der Waals surface area contributed by atoms with Crippen molar-refractivity contribution in [3.63, 3.8) is 0 Å². The molecule has 4 nitrogen and oxygen atoms in total. The molecule has 2 aliphatic heterocycles. The third-order valence-electron chi connectivity index (χ3n) is 3.87. The minimum absolute atomic E-state index is 0.104. The maximum Gasteiger partial charge on any atom is 0.237 e. The van der Waals surface area contributed by atoms with Crippen LogP contribution in [0.15, 0.2) is 0 Å². The van der Waals surface area contributed by atoms with Gasteiger partial charge in [-0.05, 0) is 66.1 Å². The highest BCUT2D eigenvalue weighted by Crippen LogP contribution is 2.24. The Morgan fingerprint density at radius 1 is 1.22 bits per heavy atom. The largest absolute Gasteiger partial charge is 0.350 e. The highest BCUT2D eigenvalue weighted by molar-refractivity contribution is 5.82. The van der Waals surface area contributed by atoms with Gasteiger partial charge in [-0.1, -0.05) is 0 Å². The fraction of sp³-hybridized carbons (Fsp3) is 0.929. The summed E-state index contributed by atoms with van der Waals surface area (Å²) >= 11 is 0. The van der Waals surface area contributed by atoms with Crippen molar-refractivity contribution in [2.45, 2.75) is 64.1 Å². The number of carbonyl (C=O) groups excluding carboxylic acids is 1. The Bertz CT molecular complexity index is 292. The molecule has 1 amide bonds. The molecular formula is C14H27N3O. The lowest BCUT2D eigenvalue weighted by Gasteiger charge is -2.36. The first-order valence-corrected chi connectivity index (χ1v) is 7.26. The number of nitrogens with zero attached hydrogens (tertiary/aromatic N) is 1. The van der Waals surface area contributed by atoms with Crippen molar-refractivity contribution in [1.29, 1.82) is 0 Å². The zero-order valence-corrected chi connectivity index (χ0v) is 12.0. The van der Waals surface area contributed by atoms with Crippen LogP contribution in [0.3, 0.4) is 0 Å². The van der Waals surface area contributed by atoms with E-state index in [1.165, 1.54) is 12.8 Å². The third-order valence-corrected chi connectivity index (χ3v) is 3.87. The summed E-state index contributed by atoms with van der Waals surface area (Å²) < 4.78 is 0. The Morgan fingerprint density at radius 3 is 2.50 bits per heavy atom. The van der Waals surface area contributed by atoms with Crippen molar-refractivity contribution in [2.75, 3.05) is 19.6 Å². The molecule has 1 atom stereocenters. The number of hydrogen-bond donors (Lipinski definition) is 2. The SMILES string of the molecule is CC(C)(C)NC(=O)C1CCCN1C1CCNCC1. The van der Waals surface area contributed by atoms with Gasteiger partial charge < -0.3 is 10.6 Å². The van der Waals surface area contributed by atoms with Gasteiger partial charge >= 0.3 is 0 Å². The molecule has 0 aromatic rings. The molecule has 0 aliphatic carbocycles. The van der Waals surface area contributed by atoms with Crippen molar-refractivity contribution in [2.24, 2.45) is 0 Å². The van der Waals surface area contributed by atoms with Crippen LogP contribution in [0.5, 0.6) is 0 Å². The molecule has 1 unspecified atom stereocenters. The van der Waals surface area contributed by atoms with Crippen molar-refractivity contribution >= 4 is 5.91 Å². The Morgan fingerprint density at radius 2 is 1.89 bits per heavy atom. The molecule has 2 fully saturated rings. The fourth-order valence-electron chi connectivity index (χ4n) is 3.10. The van der Waals surface area contributed by atoms with Crippen LogP contribution in [0.4, 0.5) is 0 Å². The van der Waals surface area contributed by atoms with E-state index in [4.69, 9.17) is 0 Å². The van der Waals surface area contributed by atoms with Gasteiger partial charge in [-0.15, -0.1) is 0 Å². The van der Waals surface area contributed by atoms with Crippen LogP contribution in [-0.4, -0.2) is 48.1 Å². The molecule has 104 valence electrons. The van der Waals surface area contributed by atoms with Crippen LogP contribution in [0, 0.1) is 0 Å². The summed E-state index contributed by atoms with van der Waals surface area (Å²) in [5.74, 6) is 0.221. The van der Waals surface area contributed by atoms with Crippen molar-refractivity contribution in [1.82, 2.24) is 15.5 Å². The minimum atomic E-state index is -0.126. The third kappa shape index (κ3) is 3.45. The second-order valence-corrected chi connectivity index (χ2v) is 6.62. The van der Waals surface area contributed by atoms with E-state index in [0.717, 1.165) is 32.5 Å². The number of carbonyl (C=O) groups is 1. The molecule has 2 heterocycles. The Hall–Kier alpha value is -0.610. The van der Waals surface area contributed by atoms with E-state index in [1.807, 2.05) is 0 Å². The summed E-state index contributed by atoms with van der Waals surface area (Å²) in [6.45, 7) is 9.43. The molecule has 2 saturated heterocycles. The zero-order valence-electron chi connectivity index (χ0n) is 12.0. The maximum absolute atomic E-state index is 12.3. The molecule has 2 N–H and O–H groups in total. The molecule has 2 rings (SSSR count). The van der Waals surface area contributed by atoms with Crippen LogP contribution >= 0.6 is 0 Å².